The fraction of sp³-hybridized carbons (Fsp3) is 0.533. The Morgan fingerprint density at radius 2 is 2.00 bits per heavy atom. The van der Waals surface area contributed by atoms with E-state index in [4.69, 9.17) is 9.47 Å². The number of esters is 1. The highest BCUT2D eigenvalue weighted by molar-refractivity contribution is 7.99. The van der Waals surface area contributed by atoms with Gasteiger partial charge in [0, 0.05) is 16.7 Å². The summed E-state index contributed by atoms with van der Waals surface area (Å²) in [4.78, 5) is 13.0. The Morgan fingerprint density at radius 3 is 2.55 bits per heavy atom. The lowest BCUT2D eigenvalue weighted by Crippen LogP contribution is -2.54. The first-order valence-electron chi connectivity index (χ1n) is 6.55. The Kier molecular flexibility index (Phi) is 6.36. The molecule has 1 unspecified atom stereocenters. The van der Waals surface area contributed by atoms with Gasteiger partial charge in [-0.05, 0) is 32.9 Å². The van der Waals surface area contributed by atoms with Crippen molar-refractivity contribution < 1.29 is 14.3 Å². The molecule has 1 aromatic carbocycles. The van der Waals surface area contributed by atoms with Crippen molar-refractivity contribution in [3.05, 3.63) is 24.3 Å². The molecule has 1 rings (SSSR count). The smallest absolute Gasteiger partial charge is 0.326 e. The number of para-hydroxylation sites is 1. The number of carbonyl (C=O) groups excluding carboxylic acids is 1. The second-order valence-electron chi connectivity index (χ2n) is 5.06. The summed E-state index contributed by atoms with van der Waals surface area (Å²) < 4.78 is 10.2. The molecule has 1 atom stereocenters. The fourth-order valence-electron chi connectivity index (χ4n) is 1.98. The zero-order valence-electron chi connectivity index (χ0n) is 12.7. The maximum absolute atomic E-state index is 12.0. The van der Waals surface area contributed by atoms with Crippen LogP contribution in [0.4, 0.5) is 0 Å². The third-order valence-electron chi connectivity index (χ3n) is 2.83. The van der Waals surface area contributed by atoms with Crippen LogP contribution in [0.15, 0.2) is 29.2 Å². The van der Waals surface area contributed by atoms with Crippen molar-refractivity contribution in [1.29, 1.82) is 0 Å². The van der Waals surface area contributed by atoms with Crippen molar-refractivity contribution in [3.8, 4) is 5.75 Å². The summed E-state index contributed by atoms with van der Waals surface area (Å²) in [6, 6.07) is 7.97. The van der Waals surface area contributed by atoms with Gasteiger partial charge in [0.1, 0.15) is 11.3 Å². The van der Waals surface area contributed by atoms with Crippen LogP contribution < -0.4 is 10.1 Å². The number of rotatable bonds is 7. The first-order valence-corrected chi connectivity index (χ1v) is 7.53. The van der Waals surface area contributed by atoms with Crippen molar-refractivity contribution in [3.63, 3.8) is 0 Å². The second-order valence-corrected chi connectivity index (χ2v) is 6.08. The molecule has 0 amide bonds. The number of thioether (sulfide) groups is 1. The average Bonchev–Trinajstić information content (AvgIpc) is 2.43. The summed E-state index contributed by atoms with van der Waals surface area (Å²) in [7, 11) is 3.06. The van der Waals surface area contributed by atoms with Gasteiger partial charge in [-0.15, -0.1) is 11.8 Å². The van der Waals surface area contributed by atoms with Crippen molar-refractivity contribution in [2.24, 2.45) is 0 Å². The molecule has 0 heterocycles. The van der Waals surface area contributed by atoms with Gasteiger partial charge in [-0.1, -0.05) is 12.1 Å². The maximum atomic E-state index is 12.0. The molecule has 0 spiro atoms. The van der Waals surface area contributed by atoms with Gasteiger partial charge in [0.15, 0.2) is 0 Å². The molecule has 4 nitrogen and oxygen atoms in total. The van der Waals surface area contributed by atoms with Crippen LogP contribution in [0.1, 0.15) is 20.8 Å². The summed E-state index contributed by atoms with van der Waals surface area (Å²) in [5.74, 6) is 1.13. The minimum atomic E-state index is -0.728. The van der Waals surface area contributed by atoms with Crippen LogP contribution >= 0.6 is 11.8 Å². The van der Waals surface area contributed by atoms with Crippen LogP contribution in [0, 0.1) is 0 Å². The Labute approximate surface area is 125 Å². The highest BCUT2D eigenvalue weighted by atomic mass is 32.2. The van der Waals surface area contributed by atoms with Crippen LogP contribution in [-0.2, 0) is 9.53 Å². The Morgan fingerprint density at radius 1 is 1.35 bits per heavy atom. The van der Waals surface area contributed by atoms with Crippen molar-refractivity contribution in [1.82, 2.24) is 5.32 Å². The first kappa shape index (κ1) is 16.9. The standard InChI is InChI=1S/C15H23NO3S/c1-11(2)16-15(3,14(17)19-5)10-20-13-9-7-6-8-12(13)18-4/h6-9,11,16H,10H2,1-5H3. The lowest BCUT2D eigenvalue weighted by Gasteiger charge is -2.30. The van der Waals surface area contributed by atoms with E-state index in [1.807, 2.05) is 45.0 Å². The zero-order chi connectivity index (χ0) is 15.2. The van der Waals surface area contributed by atoms with Gasteiger partial charge in [0.2, 0.25) is 0 Å². The van der Waals surface area contributed by atoms with E-state index in [1.54, 1.807) is 18.9 Å². The van der Waals surface area contributed by atoms with E-state index in [0.717, 1.165) is 10.6 Å². The van der Waals surface area contributed by atoms with Gasteiger partial charge in [-0.2, -0.15) is 0 Å². The van der Waals surface area contributed by atoms with Crippen LogP contribution in [0.3, 0.4) is 0 Å². The third-order valence-corrected chi connectivity index (χ3v) is 4.20. The molecule has 0 aliphatic carbocycles. The van der Waals surface area contributed by atoms with E-state index in [0.29, 0.717) is 5.75 Å². The van der Waals surface area contributed by atoms with E-state index < -0.39 is 5.54 Å². The Balaban J connectivity index is 2.83. The lowest BCUT2D eigenvalue weighted by molar-refractivity contribution is -0.147. The minimum absolute atomic E-state index is 0.192. The maximum Gasteiger partial charge on any atom is 0.326 e. The molecule has 1 aromatic rings. The van der Waals surface area contributed by atoms with E-state index in [1.165, 1.54) is 7.11 Å². The van der Waals surface area contributed by atoms with Gasteiger partial charge in [-0.3, -0.25) is 10.1 Å². The summed E-state index contributed by atoms with van der Waals surface area (Å²) in [5, 5.41) is 3.28. The number of nitrogens with one attached hydrogen (secondary N) is 1. The molecule has 0 saturated carbocycles. The molecule has 5 heteroatoms. The predicted molar refractivity (Wildman–Crippen MR) is 82.4 cm³/mol. The number of benzene rings is 1. The summed E-state index contributed by atoms with van der Waals surface area (Å²) in [6.45, 7) is 5.88. The topological polar surface area (TPSA) is 47.6 Å². The van der Waals surface area contributed by atoms with E-state index in [-0.39, 0.29) is 12.0 Å². The van der Waals surface area contributed by atoms with Gasteiger partial charge >= 0.3 is 5.97 Å². The molecule has 1 N–H and O–H groups in total. The summed E-state index contributed by atoms with van der Waals surface area (Å²) in [5.41, 5.74) is -0.728. The molecule has 0 radical (unpaired) electrons. The summed E-state index contributed by atoms with van der Waals surface area (Å²) >= 11 is 1.58. The number of carbonyl (C=O) groups is 1. The molecule has 112 valence electrons. The molecule has 0 saturated heterocycles. The molecule has 0 bridgehead atoms. The predicted octanol–water partition coefficient (Wildman–Crippen LogP) is 2.72. The van der Waals surface area contributed by atoms with E-state index >= 15 is 0 Å². The SMILES string of the molecule is COC(=O)C(C)(CSc1ccccc1OC)NC(C)C. The fourth-order valence-corrected chi connectivity index (χ4v) is 3.10. The largest absolute Gasteiger partial charge is 0.496 e. The molecule has 0 aliphatic rings. The van der Waals surface area contributed by atoms with Crippen molar-refractivity contribution in [2.45, 2.75) is 37.2 Å². The molecule has 0 aromatic heterocycles. The summed E-state index contributed by atoms with van der Waals surface area (Å²) in [6.07, 6.45) is 0. The van der Waals surface area contributed by atoms with Crippen LogP contribution in [-0.4, -0.2) is 37.5 Å². The van der Waals surface area contributed by atoms with Gasteiger partial charge in [0.05, 0.1) is 14.2 Å². The Hall–Kier alpha value is -1.20. The van der Waals surface area contributed by atoms with E-state index in [2.05, 4.69) is 5.32 Å². The van der Waals surface area contributed by atoms with Crippen LogP contribution in [0.5, 0.6) is 5.75 Å². The normalized spacial score (nSPS) is 13.9. The zero-order valence-corrected chi connectivity index (χ0v) is 13.5. The molecular weight excluding hydrogens is 274 g/mol. The molecule has 20 heavy (non-hydrogen) atoms. The van der Waals surface area contributed by atoms with Crippen LogP contribution in [0.25, 0.3) is 0 Å². The quantitative estimate of drug-likeness (QED) is 0.619. The second kappa shape index (κ2) is 7.55. The molecule has 0 aliphatic heterocycles. The van der Waals surface area contributed by atoms with Crippen molar-refractivity contribution in [2.75, 3.05) is 20.0 Å². The molecular formula is C15H23NO3S. The van der Waals surface area contributed by atoms with Crippen LogP contribution in [0.2, 0.25) is 0 Å². The molecule has 0 fully saturated rings. The lowest BCUT2D eigenvalue weighted by atomic mass is 10.0. The van der Waals surface area contributed by atoms with Crippen molar-refractivity contribution >= 4 is 17.7 Å². The minimum Gasteiger partial charge on any atom is -0.496 e. The number of hydrogen-bond donors (Lipinski definition) is 1. The average molecular weight is 297 g/mol. The first-order chi connectivity index (χ1) is 9.42. The van der Waals surface area contributed by atoms with Gasteiger partial charge in [-0.25, -0.2) is 0 Å². The monoisotopic (exact) mass is 297 g/mol. The van der Waals surface area contributed by atoms with E-state index in [9.17, 15) is 4.79 Å². The Bertz CT molecular complexity index is 450. The highest BCUT2D eigenvalue weighted by Crippen LogP contribution is 2.31. The van der Waals surface area contributed by atoms with Gasteiger partial charge < -0.3 is 9.47 Å². The van der Waals surface area contributed by atoms with Gasteiger partial charge in [0.25, 0.3) is 0 Å². The number of ether oxygens (including phenoxy) is 2. The highest BCUT2D eigenvalue weighted by Gasteiger charge is 2.35. The number of hydrogen-bond acceptors (Lipinski definition) is 5. The number of methoxy groups -OCH3 is 2. The third kappa shape index (κ3) is 4.42.